The van der Waals surface area contributed by atoms with E-state index in [1.807, 2.05) is 0 Å². The molecule has 1 aliphatic heterocycles. The topological polar surface area (TPSA) is 0 Å². The van der Waals surface area contributed by atoms with Crippen molar-refractivity contribution in [3.8, 4) is 0 Å². The van der Waals surface area contributed by atoms with Crippen LogP contribution < -0.4 is 8.79 Å². The van der Waals surface area contributed by atoms with Crippen molar-refractivity contribution in [2.24, 2.45) is 0 Å². The molecule has 0 aliphatic carbocycles. The van der Waals surface area contributed by atoms with Gasteiger partial charge >= 0.3 is 184 Å². The Hall–Kier alpha value is -2.32. The van der Waals surface area contributed by atoms with Crippen molar-refractivity contribution in [1.82, 2.24) is 0 Å². The second kappa shape index (κ2) is 6.14. The van der Waals surface area contributed by atoms with Gasteiger partial charge in [0.2, 0.25) is 0 Å². The molecule has 1 heteroatoms. The van der Waals surface area contributed by atoms with Crippen LogP contribution in [0, 0.1) is 6.92 Å². The molecule has 0 nitrogen and oxygen atoms in total. The van der Waals surface area contributed by atoms with Gasteiger partial charge in [0, 0.05) is 0 Å². The molecule has 0 saturated carbocycles. The van der Waals surface area contributed by atoms with Crippen molar-refractivity contribution in [2.75, 3.05) is 0 Å². The van der Waals surface area contributed by atoms with Crippen LogP contribution in [-0.4, -0.2) is 13.3 Å². The molecule has 4 aromatic carbocycles. The molecule has 0 spiro atoms. The standard InChI is InChI=1S/C25H22Ge/c1-19-15-16-21-18-26(22-10-4-2-5-11-22,23-12-6-3-7-13-23)17-20-9-8-14-24(19)25(20)21/h2-16H,17-18H2,1H3/i2D,3D,4D,5D,6D,7D,8D,9D,10D,11D,12D,13D,14D,15D,16D,17D2,18D2. The fourth-order valence-corrected chi connectivity index (χ4v) is 9.23. The van der Waals surface area contributed by atoms with Gasteiger partial charge in [-0.15, -0.1) is 0 Å². The molecule has 0 bridgehead atoms. The fourth-order valence-electron chi connectivity index (χ4n) is 3.06. The predicted octanol–water partition coefficient (Wildman–Crippen LogP) is 4.59. The molecule has 0 saturated heterocycles. The molecule has 126 valence electrons. The number of hydrogen-bond acceptors (Lipinski definition) is 0. The van der Waals surface area contributed by atoms with Gasteiger partial charge in [0.25, 0.3) is 0 Å². The Morgan fingerprint density at radius 2 is 1.27 bits per heavy atom. The summed E-state index contributed by atoms with van der Waals surface area (Å²) in [4.78, 5) is 0. The van der Waals surface area contributed by atoms with Crippen molar-refractivity contribution < 1.29 is 26.0 Å². The third kappa shape index (κ3) is 2.36. The Morgan fingerprint density at radius 3 is 1.88 bits per heavy atom. The molecule has 4 aromatic rings. The molecule has 0 N–H and O–H groups in total. The van der Waals surface area contributed by atoms with Crippen LogP contribution >= 0.6 is 0 Å². The Kier molecular flexibility index (Phi) is 1.32. The van der Waals surface area contributed by atoms with Crippen LogP contribution in [0.4, 0.5) is 0 Å². The second-order valence-electron chi connectivity index (χ2n) is 5.75. The number of hydrogen-bond donors (Lipinski definition) is 0. The van der Waals surface area contributed by atoms with Gasteiger partial charge in [0.05, 0.1) is 0 Å². The zero-order valence-electron chi connectivity index (χ0n) is 32.5. The first kappa shape index (κ1) is 5.59. The van der Waals surface area contributed by atoms with E-state index in [9.17, 15) is 5.48 Å². The first-order valence-electron chi connectivity index (χ1n) is 17.2. The van der Waals surface area contributed by atoms with E-state index >= 15 is 0 Å². The van der Waals surface area contributed by atoms with Crippen molar-refractivity contribution in [3.63, 3.8) is 0 Å². The van der Waals surface area contributed by atoms with Gasteiger partial charge < -0.3 is 0 Å². The fraction of sp³-hybridized carbons (Fsp3) is 0.120. The zero-order chi connectivity index (χ0) is 34.2. The summed E-state index contributed by atoms with van der Waals surface area (Å²) in [5.41, 5.74) is -1.64. The molecule has 1 heterocycles. The Morgan fingerprint density at radius 1 is 0.692 bits per heavy atom. The summed E-state index contributed by atoms with van der Waals surface area (Å²) < 4.78 is 166. The third-order valence-corrected chi connectivity index (χ3v) is 11.1. The van der Waals surface area contributed by atoms with Crippen molar-refractivity contribution in [3.05, 3.63) is 107 Å². The molecular formula is C25H22Ge. The van der Waals surface area contributed by atoms with Crippen molar-refractivity contribution >= 4 is 32.8 Å². The summed E-state index contributed by atoms with van der Waals surface area (Å²) in [6.07, 6.45) is 0. The van der Waals surface area contributed by atoms with E-state index in [0.717, 1.165) is 0 Å². The minimum atomic E-state index is -6.87. The molecule has 1 aliphatic rings. The normalized spacial score (nSPS) is 29.3. The van der Waals surface area contributed by atoms with E-state index in [2.05, 4.69) is 0 Å². The van der Waals surface area contributed by atoms with Crippen LogP contribution in [0.2, 0.25) is 0 Å². The monoisotopic (exact) mass is 415 g/mol. The summed E-state index contributed by atoms with van der Waals surface area (Å²) in [7, 11) is 0. The van der Waals surface area contributed by atoms with Crippen LogP contribution in [-0.2, 0) is 10.4 Å². The molecule has 0 fully saturated rings. The Bertz CT molecular complexity index is 1830. The summed E-state index contributed by atoms with van der Waals surface area (Å²) in [6.45, 7) is 1.31. The van der Waals surface area contributed by atoms with E-state index in [1.54, 1.807) is 0 Å². The van der Waals surface area contributed by atoms with Crippen LogP contribution in [0.1, 0.15) is 42.7 Å². The van der Waals surface area contributed by atoms with Crippen LogP contribution in [0.5, 0.6) is 0 Å². The van der Waals surface area contributed by atoms with E-state index in [-0.39, 0.29) is 10.9 Å². The maximum atomic E-state index is 9.72. The molecule has 26 heavy (non-hydrogen) atoms. The van der Waals surface area contributed by atoms with Gasteiger partial charge in [-0.25, -0.2) is 0 Å². The SMILES string of the molecule is [2H]c1c([2H])c([2H])[c]([Ge]2([c]3c([2H])c([2H])c([2H])c([2H])c3[2H])[C]([2H])([2H])c3c([2H])c([2H])c([2H])c4c(C)c([2H])c([2H])c(c34)[C]2([2H])[2H])c([2H])c1[2H]. The van der Waals surface area contributed by atoms with Gasteiger partial charge in [0.15, 0.2) is 0 Å². The van der Waals surface area contributed by atoms with Gasteiger partial charge in [-0.2, -0.15) is 0 Å². The summed E-state index contributed by atoms with van der Waals surface area (Å²) >= 11 is -6.87. The number of benzene rings is 4. The Balaban J connectivity index is 2.30. The van der Waals surface area contributed by atoms with Gasteiger partial charge in [-0.3, -0.25) is 0 Å². The van der Waals surface area contributed by atoms with E-state index < -0.39 is 140 Å². The average Bonchev–Trinajstić information content (AvgIpc) is 2.96. The predicted molar refractivity (Wildman–Crippen MR) is 114 cm³/mol. The molecule has 5 rings (SSSR count). The first-order chi connectivity index (χ1) is 20.6. The molecule has 0 amide bonds. The van der Waals surface area contributed by atoms with Crippen molar-refractivity contribution in [1.29, 1.82) is 0 Å². The number of aryl methyl sites for hydroxylation is 1. The number of rotatable bonds is 2. The molecular weight excluding hydrogens is 373 g/mol. The van der Waals surface area contributed by atoms with E-state index in [4.69, 9.17) is 20.6 Å². The first-order valence-corrected chi connectivity index (χ1v) is 11.9. The molecule has 0 atom stereocenters. The van der Waals surface area contributed by atoms with Gasteiger partial charge in [-0.1, -0.05) is 0 Å². The van der Waals surface area contributed by atoms with E-state index in [1.165, 1.54) is 6.92 Å². The summed E-state index contributed by atoms with van der Waals surface area (Å²) in [6, 6.07) is -14.2. The third-order valence-electron chi connectivity index (χ3n) is 4.25. The Labute approximate surface area is 184 Å². The molecule has 0 aromatic heterocycles. The van der Waals surface area contributed by atoms with Crippen LogP contribution in [0.15, 0.2) is 90.6 Å². The molecule has 0 unspecified atom stereocenters. The van der Waals surface area contributed by atoms with Gasteiger partial charge in [0.1, 0.15) is 0 Å². The minimum absolute atomic E-state index is 0.0873. The quantitative estimate of drug-likeness (QED) is 0.421. The van der Waals surface area contributed by atoms with E-state index in [0.29, 0.717) is 0 Å². The second-order valence-corrected chi connectivity index (χ2v) is 12.0. The summed E-state index contributed by atoms with van der Waals surface area (Å²) in [5, 5.41) is -7.55. The van der Waals surface area contributed by atoms with Crippen LogP contribution in [0.25, 0.3) is 10.8 Å². The van der Waals surface area contributed by atoms with Gasteiger partial charge in [-0.05, 0) is 0 Å². The molecule has 0 radical (unpaired) electrons. The summed E-state index contributed by atoms with van der Waals surface area (Å²) in [5.74, 6) is 0. The maximum absolute atomic E-state index is 9.72. The zero-order valence-corrected chi connectivity index (χ0v) is 15.6. The average molecular weight is 414 g/mol. The van der Waals surface area contributed by atoms with Crippen molar-refractivity contribution in [2.45, 2.75) is 17.3 Å². The van der Waals surface area contributed by atoms with Crippen LogP contribution in [0.3, 0.4) is 0 Å².